The van der Waals surface area contributed by atoms with E-state index in [1.807, 2.05) is 17.9 Å². The van der Waals surface area contributed by atoms with Crippen LogP contribution in [0.2, 0.25) is 0 Å². The zero-order chi connectivity index (χ0) is 11.1. The Morgan fingerprint density at radius 3 is 2.87 bits per heavy atom. The third-order valence-electron chi connectivity index (χ3n) is 3.56. The molecule has 1 saturated carbocycles. The van der Waals surface area contributed by atoms with E-state index in [4.69, 9.17) is 5.73 Å². The van der Waals surface area contributed by atoms with Gasteiger partial charge in [0.15, 0.2) is 0 Å². The van der Waals surface area contributed by atoms with Gasteiger partial charge in [-0.25, -0.2) is 0 Å². The standard InChI is InChI=1S/C12H21N3/c1-12(2)6-4-10(13)9(8-12)11-5-7-15(3)14-11/h5,7,9-10H,4,6,8,13H2,1-3H3. The van der Waals surface area contributed by atoms with Crippen LogP contribution < -0.4 is 5.73 Å². The summed E-state index contributed by atoms with van der Waals surface area (Å²) < 4.78 is 1.86. The highest BCUT2D eigenvalue weighted by Gasteiger charge is 2.34. The molecule has 1 aliphatic rings. The molecule has 0 aromatic carbocycles. The van der Waals surface area contributed by atoms with Crippen molar-refractivity contribution < 1.29 is 0 Å². The van der Waals surface area contributed by atoms with Crippen molar-refractivity contribution in [3.05, 3.63) is 18.0 Å². The van der Waals surface area contributed by atoms with Crippen LogP contribution >= 0.6 is 0 Å². The summed E-state index contributed by atoms with van der Waals surface area (Å²) in [5.41, 5.74) is 7.77. The number of aryl methyl sites for hydroxylation is 1. The molecular weight excluding hydrogens is 186 g/mol. The molecule has 3 heteroatoms. The van der Waals surface area contributed by atoms with Crippen molar-refractivity contribution in [2.75, 3.05) is 0 Å². The molecule has 0 amide bonds. The summed E-state index contributed by atoms with van der Waals surface area (Å²) in [4.78, 5) is 0. The van der Waals surface area contributed by atoms with Crippen LogP contribution in [0.4, 0.5) is 0 Å². The summed E-state index contributed by atoms with van der Waals surface area (Å²) in [5.74, 6) is 0.440. The number of aromatic nitrogens is 2. The normalized spacial score (nSPS) is 30.4. The number of rotatable bonds is 1. The van der Waals surface area contributed by atoms with Gasteiger partial charge in [-0.2, -0.15) is 5.10 Å². The number of hydrogen-bond acceptors (Lipinski definition) is 2. The van der Waals surface area contributed by atoms with Gasteiger partial charge in [-0.1, -0.05) is 13.8 Å². The maximum Gasteiger partial charge on any atom is 0.0671 e. The van der Waals surface area contributed by atoms with Crippen molar-refractivity contribution in [3.63, 3.8) is 0 Å². The van der Waals surface area contributed by atoms with Crippen molar-refractivity contribution in [2.24, 2.45) is 18.2 Å². The summed E-state index contributed by atoms with van der Waals surface area (Å²) >= 11 is 0. The van der Waals surface area contributed by atoms with Gasteiger partial charge in [0.2, 0.25) is 0 Å². The SMILES string of the molecule is Cn1ccc(C2CC(C)(C)CCC2N)n1. The van der Waals surface area contributed by atoms with Gasteiger partial charge in [0.1, 0.15) is 0 Å². The minimum absolute atomic E-state index is 0.285. The van der Waals surface area contributed by atoms with Gasteiger partial charge in [-0.15, -0.1) is 0 Å². The Morgan fingerprint density at radius 1 is 1.53 bits per heavy atom. The molecular formula is C12H21N3. The highest BCUT2D eigenvalue weighted by molar-refractivity contribution is 5.12. The van der Waals surface area contributed by atoms with Gasteiger partial charge < -0.3 is 5.73 Å². The second-order valence-corrected chi connectivity index (χ2v) is 5.59. The van der Waals surface area contributed by atoms with Gasteiger partial charge >= 0.3 is 0 Å². The third-order valence-corrected chi connectivity index (χ3v) is 3.56. The van der Waals surface area contributed by atoms with Gasteiger partial charge in [0, 0.05) is 25.2 Å². The summed E-state index contributed by atoms with van der Waals surface area (Å²) in [7, 11) is 1.96. The smallest absolute Gasteiger partial charge is 0.0671 e. The van der Waals surface area contributed by atoms with Crippen molar-refractivity contribution in [3.8, 4) is 0 Å². The van der Waals surface area contributed by atoms with E-state index in [0.29, 0.717) is 11.3 Å². The summed E-state index contributed by atoms with van der Waals surface area (Å²) in [6, 6.07) is 2.39. The Kier molecular flexibility index (Phi) is 2.59. The summed E-state index contributed by atoms with van der Waals surface area (Å²) in [5, 5.41) is 4.49. The Bertz CT molecular complexity index is 340. The third kappa shape index (κ3) is 2.23. The van der Waals surface area contributed by atoms with E-state index in [1.165, 1.54) is 6.42 Å². The fourth-order valence-electron chi connectivity index (χ4n) is 2.56. The predicted molar refractivity (Wildman–Crippen MR) is 61.6 cm³/mol. The van der Waals surface area contributed by atoms with Crippen LogP contribution in [0.25, 0.3) is 0 Å². The molecule has 84 valence electrons. The van der Waals surface area contributed by atoms with Crippen LogP contribution in [-0.2, 0) is 7.05 Å². The van der Waals surface area contributed by atoms with Crippen molar-refractivity contribution in [2.45, 2.75) is 45.1 Å². The highest BCUT2D eigenvalue weighted by Crippen LogP contribution is 2.42. The molecule has 1 aromatic heterocycles. The Morgan fingerprint density at radius 2 is 2.27 bits per heavy atom. The molecule has 1 aliphatic carbocycles. The first-order valence-corrected chi connectivity index (χ1v) is 5.73. The molecule has 0 aliphatic heterocycles. The van der Waals surface area contributed by atoms with E-state index in [2.05, 4.69) is 25.0 Å². The van der Waals surface area contributed by atoms with Gasteiger partial charge in [-0.05, 0) is 30.7 Å². The van der Waals surface area contributed by atoms with E-state index in [9.17, 15) is 0 Å². The van der Waals surface area contributed by atoms with Crippen LogP contribution in [-0.4, -0.2) is 15.8 Å². The van der Waals surface area contributed by atoms with Crippen molar-refractivity contribution in [1.29, 1.82) is 0 Å². The molecule has 3 nitrogen and oxygen atoms in total. The highest BCUT2D eigenvalue weighted by atomic mass is 15.2. The van der Waals surface area contributed by atoms with Gasteiger partial charge in [-0.3, -0.25) is 4.68 Å². The fraction of sp³-hybridized carbons (Fsp3) is 0.750. The number of nitrogens with two attached hydrogens (primary N) is 1. The molecule has 0 radical (unpaired) electrons. The summed E-state index contributed by atoms with van der Waals surface area (Å²) in [6.45, 7) is 4.66. The van der Waals surface area contributed by atoms with Gasteiger partial charge in [0.25, 0.3) is 0 Å². The maximum atomic E-state index is 6.19. The number of hydrogen-bond donors (Lipinski definition) is 1. The molecule has 0 saturated heterocycles. The molecule has 0 spiro atoms. The van der Waals surface area contributed by atoms with Crippen molar-refractivity contribution >= 4 is 0 Å². The van der Waals surface area contributed by atoms with E-state index < -0.39 is 0 Å². The first-order chi connectivity index (χ1) is 6.98. The Balaban J connectivity index is 2.19. The molecule has 2 N–H and O–H groups in total. The lowest BCUT2D eigenvalue weighted by Crippen LogP contribution is -2.37. The second kappa shape index (κ2) is 3.63. The molecule has 1 aromatic rings. The molecule has 1 heterocycles. The molecule has 2 unspecified atom stereocenters. The zero-order valence-corrected chi connectivity index (χ0v) is 9.90. The minimum Gasteiger partial charge on any atom is -0.327 e. The van der Waals surface area contributed by atoms with Crippen molar-refractivity contribution in [1.82, 2.24) is 9.78 Å². The van der Waals surface area contributed by atoms with Gasteiger partial charge in [0.05, 0.1) is 5.69 Å². The summed E-state index contributed by atoms with van der Waals surface area (Å²) in [6.07, 6.45) is 5.51. The van der Waals surface area contributed by atoms with Crippen LogP contribution in [0.3, 0.4) is 0 Å². The molecule has 0 bridgehead atoms. The predicted octanol–water partition coefficient (Wildman–Crippen LogP) is 2.04. The first kappa shape index (κ1) is 10.7. The minimum atomic E-state index is 0.285. The largest absolute Gasteiger partial charge is 0.327 e. The van der Waals surface area contributed by atoms with E-state index >= 15 is 0 Å². The monoisotopic (exact) mass is 207 g/mol. The fourth-order valence-corrected chi connectivity index (χ4v) is 2.56. The zero-order valence-electron chi connectivity index (χ0n) is 9.90. The van der Waals surface area contributed by atoms with E-state index in [1.54, 1.807) is 0 Å². The topological polar surface area (TPSA) is 43.8 Å². The Labute approximate surface area is 91.7 Å². The number of nitrogens with zero attached hydrogens (tertiary/aromatic N) is 2. The molecule has 15 heavy (non-hydrogen) atoms. The van der Waals surface area contributed by atoms with Crippen LogP contribution in [0.1, 0.15) is 44.7 Å². The van der Waals surface area contributed by atoms with E-state index in [-0.39, 0.29) is 6.04 Å². The molecule has 1 fully saturated rings. The lowest BCUT2D eigenvalue weighted by molar-refractivity contribution is 0.196. The molecule has 2 rings (SSSR count). The maximum absolute atomic E-state index is 6.19. The second-order valence-electron chi connectivity index (χ2n) is 5.59. The van der Waals surface area contributed by atoms with Crippen LogP contribution in [0.5, 0.6) is 0 Å². The quantitative estimate of drug-likeness (QED) is 0.766. The lowest BCUT2D eigenvalue weighted by Gasteiger charge is -2.38. The van der Waals surface area contributed by atoms with Crippen LogP contribution in [0.15, 0.2) is 12.3 Å². The average Bonchev–Trinajstić information content (AvgIpc) is 2.56. The lowest BCUT2D eigenvalue weighted by atomic mass is 9.69. The van der Waals surface area contributed by atoms with E-state index in [0.717, 1.165) is 18.5 Å². The molecule has 2 atom stereocenters. The Hall–Kier alpha value is -0.830. The first-order valence-electron chi connectivity index (χ1n) is 5.73. The van der Waals surface area contributed by atoms with Crippen LogP contribution in [0, 0.1) is 5.41 Å². The average molecular weight is 207 g/mol.